The number of nitrogens with zero attached hydrogens (tertiary/aromatic N) is 2. The quantitative estimate of drug-likeness (QED) is 0.724. The van der Waals surface area contributed by atoms with Gasteiger partial charge in [-0.1, -0.05) is 13.3 Å². The largest absolute Gasteiger partial charge is 0.493 e. The van der Waals surface area contributed by atoms with Gasteiger partial charge >= 0.3 is 0 Å². The van der Waals surface area contributed by atoms with Crippen LogP contribution in [0.2, 0.25) is 0 Å². The van der Waals surface area contributed by atoms with Gasteiger partial charge in [0.1, 0.15) is 5.69 Å². The summed E-state index contributed by atoms with van der Waals surface area (Å²) in [5.74, 6) is 1.09. The lowest BCUT2D eigenvalue weighted by Crippen LogP contribution is -2.20. The van der Waals surface area contributed by atoms with Crippen molar-refractivity contribution in [3.63, 3.8) is 0 Å². The van der Waals surface area contributed by atoms with Crippen LogP contribution in [0, 0.1) is 0 Å². The maximum atomic E-state index is 12.7. The summed E-state index contributed by atoms with van der Waals surface area (Å²) in [7, 11) is 6.59. The number of amides is 1. The Morgan fingerprint density at radius 1 is 1.11 bits per heavy atom. The van der Waals surface area contributed by atoms with Gasteiger partial charge in [0.15, 0.2) is 11.5 Å². The highest BCUT2D eigenvalue weighted by Gasteiger charge is 2.16. The van der Waals surface area contributed by atoms with Crippen molar-refractivity contribution in [3.05, 3.63) is 36.2 Å². The Labute approximate surface area is 160 Å². The highest BCUT2D eigenvalue weighted by Crippen LogP contribution is 2.40. The number of ether oxygens (including phenoxy) is 3. The molecule has 0 fully saturated rings. The second-order valence-electron chi connectivity index (χ2n) is 6.04. The molecule has 1 aromatic heterocycles. The zero-order chi connectivity index (χ0) is 19.8. The number of carbonyl (C=O) groups is 1. The first-order valence-corrected chi connectivity index (χ1v) is 8.82. The van der Waals surface area contributed by atoms with E-state index in [1.165, 1.54) is 21.3 Å². The molecule has 0 radical (unpaired) electrons. The van der Waals surface area contributed by atoms with Gasteiger partial charge in [0.2, 0.25) is 5.75 Å². The Morgan fingerprint density at radius 3 is 2.33 bits per heavy atom. The summed E-state index contributed by atoms with van der Waals surface area (Å²) in [5, 5.41) is 2.83. The standard InChI is InChI=1S/C20H27N3O4/c1-6-7-10-23(2)15-8-9-21-16(13-15)20(24)22-14-11-17(25-3)19(27-5)18(12-14)26-4/h8-9,11-13H,6-7,10H2,1-5H3,(H,22,24). The number of rotatable bonds is 9. The molecule has 0 saturated heterocycles. The molecule has 7 heteroatoms. The Hall–Kier alpha value is -2.96. The van der Waals surface area contributed by atoms with Crippen molar-refractivity contribution in [2.45, 2.75) is 19.8 Å². The van der Waals surface area contributed by atoms with Gasteiger partial charge < -0.3 is 24.4 Å². The number of hydrogen-bond donors (Lipinski definition) is 1. The summed E-state index contributed by atoms with van der Waals surface area (Å²) in [6, 6.07) is 7.03. The molecule has 7 nitrogen and oxygen atoms in total. The van der Waals surface area contributed by atoms with Crippen LogP contribution in [0.3, 0.4) is 0 Å². The van der Waals surface area contributed by atoms with Crippen LogP contribution in [0.5, 0.6) is 17.2 Å². The minimum atomic E-state index is -0.310. The molecule has 0 aliphatic carbocycles. The van der Waals surface area contributed by atoms with Crippen molar-refractivity contribution < 1.29 is 19.0 Å². The van der Waals surface area contributed by atoms with Crippen LogP contribution < -0.4 is 24.4 Å². The maximum Gasteiger partial charge on any atom is 0.274 e. The molecule has 0 atom stereocenters. The third-order valence-corrected chi connectivity index (χ3v) is 4.19. The summed E-state index contributed by atoms with van der Waals surface area (Å²) in [5.41, 5.74) is 1.82. The number of unbranched alkanes of at least 4 members (excludes halogenated alkanes) is 1. The lowest BCUT2D eigenvalue weighted by atomic mass is 10.2. The van der Waals surface area contributed by atoms with Gasteiger partial charge in [0.25, 0.3) is 5.91 Å². The molecule has 0 spiro atoms. The van der Waals surface area contributed by atoms with E-state index in [0.717, 1.165) is 25.1 Å². The molecule has 0 unspecified atom stereocenters. The molecule has 1 aromatic carbocycles. The zero-order valence-corrected chi connectivity index (χ0v) is 16.5. The third kappa shape index (κ3) is 5.03. The topological polar surface area (TPSA) is 72.9 Å². The van der Waals surface area contributed by atoms with E-state index in [0.29, 0.717) is 28.6 Å². The summed E-state index contributed by atoms with van der Waals surface area (Å²) in [6.07, 6.45) is 3.84. The van der Waals surface area contributed by atoms with E-state index in [-0.39, 0.29) is 5.91 Å². The molecule has 0 bridgehead atoms. The van der Waals surface area contributed by atoms with Crippen molar-refractivity contribution in [2.24, 2.45) is 0 Å². The highest BCUT2D eigenvalue weighted by atomic mass is 16.5. The smallest absolute Gasteiger partial charge is 0.274 e. The molecule has 0 saturated carbocycles. The molecule has 2 rings (SSSR count). The fourth-order valence-electron chi connectivity index (χ4n) is 2.65. The molecular formula is C20H27N3O4. The number of hydrogen-bond acceptors (Lipinski definition) is 6. The van der Waals surface area contributed by atoms with E-state index in [2.05, 4.69) is 22.1 Å². The van der Waals surface area contributed by atoms with Crippen molar-refractivity contribution >= 4 is 17.3 Å². The van der Waals surface area contributed by atoms with E-state index < -0.39 is 0 Å². The van der Waals surface area contributed by atoms with Gasteiger partial charge in [0, 0.05) is 43.3 Å². The first-order valence-electron chi connectivity index (χ1n) is 8.82. The molecule has 1 heterocycles. The lowest BCUT2D eigenvalue weighted by Gasteiger charge is -2.19. The average molecular weight is 373 g/mol. The van der Waals surface area contributed by atoms with Crippen molar-refractivity contribution in [2.75, 3.05) is 45.1 Å². The summed E-state index contributed by atoms with van der Waals surface area (Å²) in [4.78, 5) is 19.0. The monoisotopic (exact) mass is 373 g/mol. The summed E-state index contributed by atoms with van der Waals surface area (Å²) in [6.45, 7) is 3.07. The third-order valence-electron chi connectivity index (χ3n) is 4.19. The predicted molar refractivity (Wildman–Crippen MR) is 106 cm³/mol. The van der Waals surface area contributed by atoms with E-state index in [1.807, 2.05) is 13.1 Å². The Balaban J connectivity index is 2.22. The Kier molecular flexibility index (Phi) is 7.28. The van der Waals surface area contributed by atoms with Crippen LogP contribution >= 0.6 is 0 Å². The number of anilines is 2. The normalized spacial score (nSPS) is 10.3. The number of pyridine rings is 1. The average Bonchev–Trinajstić information content (AvgIpc) is 2.71. The molecule has 1 N–H and O–H groups in total. The first kappa shape index (κ1) is 20.4. The van der Waals surface area contributed by atoms with Crippen molar-refractivity contribution in [3.8, 4) is 17.2 Å². The van der Waals surface area contributed by atoms with E-state index >= 15 is 0 Å². The minimum absolute atomic E-state index is 0.310. The zero-order valence-electron chi connectivity index (χ0n) is 16.5. The van der Waals surface area contributed by atoms with Gasteiger partial charge in [-0.05, 0) is 18.6 Å². The number of benzene rings is 1. The summed E-state index contributed by atoms with van der Waals surface area (Å²) >= 11 is 0. The first-order chi connectivity index (χ1) is 13.0. The van der Waals surface area contributed by atoms with E-state index in [9.17, 15) is 4.79 Å². The molecule has 146 valence electrons. The number of aromatic nitrogens is 1. The maximum absolute atomic E-state index is 12.7. The number of nitrogens with one attached hydrogen (secondary N) is 1. The molecule has 27 heavy (non-hydrogen) atoms. The van der Waals surface area contributed by atoms with Crippen molar-refractivity contribution in [1.82, 2.24) is 4.98 Å². The van der Waals surface area contributed by atoms with Gasteiger partial charge in [-0.25, -0.2) is 0 Å². The summed E-state index contributed by atoms with van der Waals surface area (Å²) < 4.78 is 15.9. The van der Waals surface area contributed by atoms with Crippen LogP contribution in [0.15, 0.2) is 30.5 Å². The Bertz CT molecular complexity index is 755. The predicted octanol–water partition coefficient (Wildman–Crippen LogP) is 3.60. The van der Waals surface area contributed by atoms with E-state index in [1.54, 1.807) is 24.4 Å². The minimum Gasteiger partial charge on any atom is -0.493 e. The second kappa shape index (κ2) is 9.66. The van der Waals surface area contributed by atoms with Gasteiger partial charge in [0.05, 0.1) is 21.3 Å². The second-order valence-corrected chi connectivity index (χ2v) is 6.04. The lowest BCUT2D eigenvalue weighted by molar-refractivity contribution is 0.102. The molecular weight excluding hydrogens is 346 g/mol. The molecule has 2 aromatic rings. The fourth-order valence-corrected chi connectivity index (χ4v) is 2.65. The fraction of sp³-hybridized carbons (Fsp3) is 0.400. The highest BCUT2D eigenvalue weighted by molar-refractivity contribution is 6.03. The van der Waals surface area contributed by atoms with Gasteiger partial charge in [-0.2, -0.15) is 0 Å². The van der Waals surface area contributed by atoms with Crippen LogP contribution in [-0.4, -0.2) is 45.8 Å². The number of methoxy groups -OCH3 is 3. The molecule has 0 aliphatic rings. The van der Waals surface area contributed by atoms with Crippen LogP contribution in [0.4, 0.5) is 11.4 Å². The van der Waals surface area contributed by atoms with Crippen molar-refractivity contribution in [1.29, 1.82) is 0 Å². The van der Waals surface area contributed by atoms with E-state index in [4.69, 9.17) is 14.2 Å². The van der Waals surface area contributed by atoms with Crippen LogP contribution in [-0.2, 0) is 0 Å². The molecule has 0 aliphatic heterocycles. The Morgan fingerprint density at radius 2 is 1.78 bits per heavy atom. The number of carbonyl (C=O) groups excluding carboxylic acids is 1. The molecule has 1 amide bonds. The van der Waals surface area contributed by atoms with Gasteiger partial charge in [-0.15, -0.1) is 0 Å². The van der Waals surface area contributed by atoms with Gasteiger partial charge in [-0.3, -0.25) is 9.78 Å². The van der Waals surface area contributed by atoms with Crippen LogP contribution in [0.1, 0.15) is 30.3 Å². The SMILES string of the molecule is CCCCN(C)c1ccnc(C(=O)Nc2cc(OC)c(OC)c(OC)c2)c1. The van der Waals surface area contributed by atoms with Crippen LogP contribution in [0.25, 0.3) is 0 Å².